The number of halogens is 3. The highest BCUT2D eigenvalue weighted by Crippen LogP contribution is 2.40. The van der Waals surface area contributed by atoms with E-state index in [-0.39, 0.29) is 34.9 Å². The molecule has 196 valence electrons. The lowest BCUT2D eigenvalue weighted by molar-refractivity contribution is -0.147. The van der Waals surface area contributed by atoms with Crippen molar-refractivity contribution >= 4 is 21.9 Å². The van der Waals surface area contributed by atoms with Gasteiger partial charge in [-0.25, -0.2) is 13.2 Å². The van der Waals surface area contributed by atoms with Gasteiger partial charge in [0.25, 0.3) is 10.1 Å². The molecule has 0 spiro atoms. The van der Waals surface area contributed by atoms with Crippen LogP contribution in [0.1, 0.15) is 36.8 Å². The Bertz CT molecular complexity index is 1230. The minimum absolute atomic E-state index is 0.00180. The SMILES string of the molecule is Cc1ccc(S(=O)(=O)O)cc1.NC(=O)C(=O)N1C2CCC1CC([C@H](N)Cc1cc(F)c(F)cc1F)C2. The number of rotatable bonds is 4. The Labute approximate surface area is 207 Å². The summed E-state index contributed by atoms with van der Waals surface area (Å²) in [6, 6.07) is 6.68. The number of primary amides is 1. The van der Waals surface area contributed by atoms with E-state index in [1.807, 2.05) is 6.92 Å². The fraction of sp³-hybridized carbons (Fsp3) is 0.417. The minimum Gasteiger partial charge on any atom is -0.361 e. The molecule has 2 unspecified atom stereocenters. The zero-order chi connectivity index (χ0) is 26.8. The molecule has 0 aliphatic carbocycles. The number of carbonyl (C=O) groups is 2. The maximum absolute atomic E-state index is 13.8. The monoisotopic (exact) mass is 527 g/mol. The number of nitrogens with zero attached hydrogens (tertiary/aromatic N) is 1. The Balaban J connectivity index is 0.000000275. The van der Waals surface area contributed by atoms with Crippen LogP contribution in [0.3, 0.4) is 0 Å². The van der Waals surface area contributed by atoms with E-state index in [4.69, 9.17) is 16.0 Å². The Morgan fingerprint density at radius 1 is 1.03 bits per heavy atom. The Kier molecular flexibility index (Phi) is 8.42. The van der Waals surface area contributed by atoms with Crippen molar-refractivity contribution in [3.8, 4) is 0 Å². The van der Waals surface area contributed by atoms with Gasteiger partial charge in [0, 0.05) is 24.2 Å². The standard InChI is InChI=1S/C17H20F3N3O2.C7H8O3S/c18-12-7-14(20)13(19)5-8(12)6-15(21)9-3-10-1-2-11(4-9)23(10)17(25)16(22)24;1-6-2-4-7(5-3-6)11(8,9)10/h5,7,9-11,15H,1-4,6,21H2,(H2,22,24);2-5H,1H3,(H,8,9,10)/t9?,10?,11?,15-;/m1./s1. The van der Waals surface area contributed by atoms with Crippen molar-refractivity contribution in [1.29, 1.82) is 0 Å². The van der Waals surface area contributed by atoms with Gasteiger partial charge in [-0.3, -0.25) is 14.1 Å². The molecule has 2 saturated heterocycles. The van der Waals surface area contributed by atoms with Crippen LogP contribution in [0.25, 0.3) is 0 Å². The first-order valence-electron chi connectivity index (χ1n) is 11.3. The molecule has 2 aliphatic rings. The number of hydrogen-bond donors (Lipinski definition) is 3. The van der Waals surface area contributed by atoms with E-state index >= 15 is 0 Å². The minimum atomic E-state index is -4.02. The van der Waals surface area contributed by atoms with Gasteiger partial charge in [-0.2, -0.15) is 8.42 Å². The highest BCUT2D eigenvalue weighted by atomic mass is 32.2. The normalized spacial score (nSPS) is 21.9. The second-order valence-electron chi connectivity index (χ2n) is 9.21. The summed E-state index contributed by atoms with van der Waals surface area (Å²) in [5.74, 6) is -4.80. The maximum Gasteiger partial charge on any atom is 0.312 e. The van der Waals surface area contributed by atoms with Crippen LogP contribution in [0.4, 0.5) is 13.2 Å². The van der Waals surface area contributed by atoms with E-state index in [0.717, 1.165) is 24.5 Å². The number of fused-ring (bicyclic) bond motifs is 2. The van der Waals surface area contributed by atoms with Crippen molar-refractivity contribution in [2.75, 3.05) is 0 Å². The fourth-order valence-corrected chi connectivity index (χ4v) is 5.36. The first kappa shape index (κ1) is 27.6. The summed E-state index contributed by atoms with van der Waals surface area (Å²) in [6.07, 6.45) is 2.79. The van der Waals surface area contributed by atoms with Crippen LogP contribution in [-0.4, -0.2) is 47.8 Å². The molecule has 2 heterocycles. The van der Waals surface area contributed by atoms with Crippen LogP contribution >= 0.6 is 0 Å². The molecule has 2 fully saturated rings. The predicted octanol–water partition coefficient (Wildman–Crippen LogP) is 2.47. The molecule has 36 heavy (non-hydrogen) atoms. The van der Waals surface area contributed by atoms with Crippen LogP contribution in [0, 0.1) is 30.3 Å². The van der Waals surface area contributed by atoms with Crippen molar-refractivity contribution in [3.05, 3.63) is 65.0 Å². The first-order valence-corrected chi connectivity index (χ1v) is 12.8. The van der Waals surface area contributed by atoms with Gasteiger partial charge in [0.1, 0.15) is 5.82 Å². The van der Waals surface area contributed by atoms with E-state index < -0.39 is 45.4 Å². The highest BCUT2D eigenvalue weighted by molar-refractivity contribution is 7.85. The van der Waals surface area contributed by atoms with Crippen molar-refractivity contribution in [1.82, 2.24) is 4.90 Å². The zero-order valence-corrected chi connectivity index (χ0v) is 20.3. The predicted molar refractivity (Wildman–Crippen MR) is 125 cm³/mol. The number of carbonyl (C=O) groups excluding carboxylic acids is 2. The van der Waals surface area contributed by atoms with E-state index in [0.29, 0.717) is 18.9 Å². The van der Waals surface area contributed by atoms with E-state index in [1.54, 1.807) is 17.0 Å². The molecule has 2 aliphatic heterocycles. The first-order chi connectivity index (χ1) is 16.8. The lowest BCUT2D eigenvalue weighted by Crippen LogP contribution is -2.53. The summed E-state index contributed by atoms with van der Waals surface area (Å²) in [6.45, 7) is 1.84. The molecule has 4 rings (SSSR count). The molecule has 8 nitrogen and oxygen atoms in total. The van der Waals surface area contributed by atoms with Crippen LogP contribution in [0.5, 0.6) is 0 Å². The summed E-state index contributed by atoms with van der Waals surface area (Å²) >= 11 is 0. The van der Waals surface area contributed by atoms with Crippen molar-refractivity contribution in [2.24, 2.45) is 17.4 Å². The summed E-state index contributed by atoms with van der Waals surface area (Å²) in [7, 11) is -4.02. The van der Waals surface area contributed by atoms with Gasteiger partial charge in [0.2, 0.25) is 0 Å². The summed E-state index contributed by atoms with van der Waals surface area (Å²) in [4.78, 5) is 24.6. The number of hydrogen-bond acceptors (Lipinski definition) is 5. The third-order valence-electron chi connectivity index (χ3n) is 6.68. The van der Waals surface area contributed by atoms with Crippen molar-refractivity contribution in [2.45, 2.75) is 62.0 Å². The van der Waals surface area contributed by atoms with E-state index in [9.17, 15) is 31.2 Å². The molecule has 12 heteroatoms. The van der Waals surface area contributed by atoms with Crippen LogP contribution in [0.15, 0.2) is 41.3 Å². The average Bonchev–Trinajstić information content (AvgIpc) is 3.05. The molecular weight excluding hydrogens is 499 g/mol. The van der Waals surface area contributed by atoms with Gasteiger partial charge in [0.05, 0.1) is 4.90 Å². The van der Waals surface area contributed by atoms with Crippen LogP contribution in [-0.2, 0) is 26.1 Å². The van der Waals surface area contributed by atoms with Crippen molar-refractivity contribution < 1.29 is 35.7 Å². The number of piperidine rings is 1. The average molecular weight is 528 g/mol. The van der Waals surface area contributed by atoms with E-state index in [2.05, 4.69) is 0 Å². The Morgan fingerprint density at radius 3 is 2.06 bits per heavy atom. The van der Waals surface area contributed by atoms with E-state index in [1.165, 1.54) is 12.1 Å². The molecule has 0 radical (unpaired) electrons. The van der Waals surface area contributed by atoms with Gasteiger partial charge in [-0.15, -0.1) is 0 Å². The van der Waals surface area contributed by atoms with Gasteiger partial charge < -0.3 is 16.4 Å². The molecule has 3 atom stereocenters. The van der Waals surface area contributed by atoms with Gasteiger partial charge in [-0.05, 0) is 68.7 Å². The maximum atomic E-state index is 13.8. The van der Waals surface area contributed by atoms with Crippen molar-refractivity contribution in [3.63, 3.8) is 0 Å². The molecule has 0 saturated carbocycles. The topological polar surface area (TPSA) is 144 Å². The molecule has 2 amide bonds. The van der Waals surface area contributed by atoms with Gasteiger partial charge >= 0.3 is 11.8 Å². The quantitative estimate of drug-likeness (QED) is 0.317. The Hall–Kier alpha value is -2.96. The summed E-state index contributed by atoms with van der Waals surface area (Å²) in [5, 5.41) is 0. The smallest absolute Gasteiger partial charge is 0.312 e. The highest BCUT2D eigenvalue weighted by Gasteiger charge is 2.45. The molecule has 5 N–H and O–H groups in total. The number of amides is 2. The molecular formula is C24H28F3N3O5S. The molecule has 2 aromatic rings. The summed E-state index contributed by atoms with van der Waals surface area (Å²) < 4.78 is 69.7. The molecule has 0 aromatic heterocycles. The summed E-state index contributed by atoms with van der Waals surface area (Å²) in [5.41, 5.74) is 12.3. The number of benzene rings is 2. The van der Waals surface area contributed by atoms with Gasteiger partial charge in [-0.1, -0.05) is 17.7 Å². The lowest BCUT2D eigenvalue weighted by atomic mass is 9.82. The van der Waals surface area contributed by atoms with Gasteiger partial charge in [0.15, 0.2) is 11.6 Å². The third kappa shape index (κ3) is 6.42. The van der Waals surface area contributed by atoms with Crippen LogP contribution in [0.2, 0.25) is 0 Å². The third-order valence-corrected chi connectivity index (χ3v) is 7.55. The second-order valence-corrected chi connectivity index (χ2v) is 10.6. The fourth-order valence-electron chi connectivity index (χ4n) is 4.88. The molecule has 2 bridgehead atoms. The lowest BCUT2D eigenvalue weighted by Gasteiger charge is -2.40. The number of nitrogens with two attached hydrogens (primary N) is 2. The molecule has 2 aromatic carbocycles. The number of aryl methyl sites for hydroxylation is 1. The zero-order valence-electron chi connectivity index (χ0n) is 19.5. The Morgan fingerprint density at radius 2 is 1.56 bits per heavy atom. The second kappa shape index (κ2) is 11.0. The largest absolute Gasteiger partial charge is 0.361 e. The van der Waals surface area contributed by atoms with Crippen LogP contribution < -0.4 is 11.5 Å².